The van der Waals surface area contributed by atoms with E-state index in [1.165, 1.54) is 0 Å². The Kier molecular flexibility index (Phi) is 4.65. The zero-order chi connectivity index (χ0) is 22.4. The van der Waals surface area contributed by atoms with Crippen LogP contribution in [0.1, 0.15) is 0 Å². The average molecular weight is 441 g/mol. The second-order valence-corrected chi connectivity index (χ2v) is 8.21. The molecule has 5 aromatic heterocycles. The van der Waals surface area contributed by atoms with Crippen molar-refractivity contribution in [3.05, 3.63) is 43.0 Å². The van der Waals surface area contributed by atoms with E-state index in [1.54, 1.807) is 25.7 Å². The number of hydrogen-bond acceptors (Lipinski definition) is 8. The van der Waals surface area contributed by atoms with Gasteiger partial charge in [0.25, 0.3) is 0 Å². The summed E-state index contributed by atoms with van der Waals surface area (Å²) in [7, 11) is 3.77. The molecule has 10 heteroatoms. The van der Waals surface area contributed by atoms with Gasteiger partial charge in [0.15, 0.2) is 17.3 Å². The van der Waals surface area contributed by atoms with Gasteiger partial charge in [-0.2, -0.15) is 5.10 Å². The molecular weight excluding hydrogens is 418 g/mol. The third-order valence-corrected chi connectivity index (χ3v) is 6.11. The van der Waals surface area contributed by atoms with Crippen LogP contribution in [0.15, 0.2) is 43.0 Å². The fraction of sp³-hybridized carbons (Fsp3) is 0.261. The molecule has 0 bridgehead atoms. The van der Waals surface area contributed by atoms with Crippen LogP contribution < -0.4 is 9.64 Å². The molecule has 0 aliphatic carbocycles. The first-order valence-corrected chi connectivity index (χ1v) is 10.8. The van der Waals surface area contributed by atoms with Crippen molar-refractivity contribution in [2.75, 3.05) is 45.2 Å². The van der Waals surface area contributed by atoms with E-state index in [9.17, 15) is 0 Å². The lowest BCUT2D eigenvalue weighted by Crippen LogP contribution is -2.44. The number of fused-ring (bicyclic) bond motifs is 2. The van der Waals surface area contributed by atoms with Gasteiger partial charge in [0.2, 0.25) is 0 Å². The smallest absolute Gasteiger partial charge is 0.159 e. The van der Waals surface area contributed by atoms with E-state index in [0.717, 1.165) is 65.2 Å². The van der Waals surface area contributed by atoms with Crippen molar-refractivity contribution in [2.24, 2.45) is 0 Å². The number of H-pyrrole nitrogens is 2. The number of nitrogens with zero attached hydrogens (tertiary/aromatic N) is 7. The van der Waals surface area contributed by atoms with E-state index in [1.807, 2.05) is 24.4 Å². The van der Waals surface area contributed by atoms with Crippen molar-refractivity contribution in [1.82, 2.24) is 40.0 Å². The van der Waals surface area contributed by atoms with Crippen molar-refractivity contribution >= 4 is 27.9 Å². The molecule has 33 heavy (non-hydrogen) atoms. The summed E-state index contributed by atoms with van der Waals surface area (Å²) in [5.41, 5.74) is 5.05. The number of pyridine rings is 3. The second kappa shape index (κ2) is 7.82. The minimum atomic E-state index is 0.683. The molecule has 166 valence electrons. The summed E-state index contributed by atoms with van der Waals surface area (Å²) >= 11 is 0. The van der Waals surface area contributed by atoms with Crippen LogP contribution in [0, 0.1) is 0 Å². The predicted molar refractivity (Wildman–Crippen MR) is 126 cm³/mol. The number of piperazine rings is 1. The highest BCUT2D eigenvalue weighted by Gasteiger charge is 2.21. The average Bonchev–Trinajstić information content (AvgIpc) is 3.48. The lowest BCUT2D eigenvalue weighted by atomic mass is 10.1. The van der Waals surface area contributed by atoms with Crippen LogP contribution in [0.3, 0.4) is 0 Å². The molecule has 6 heterocycles. The summed E-state index contributed by atoms with van der Waals surface area (Å²) in [6.07, 6.45) is 7.10. The lowest BCUT2D eigenvalue weighted by molar-refractivity contribution is 0.312. The normalized spacial score (nSPS) is 14.9. The molecule has 1 saturated heterocycles. The predicted octanol–water partition coefficient (Wildman–Crippen LogP) is 2.72. The van der Waals surface area contributed by atoms with Gasteiger partial charge in [-0.1, -0.05) is 0 Å². The van der Waals surface area contributed by atoms with Crippen LogP contribution in [0.25, 0.3) is 44.7 Å². The van der Waals surface area contributed by atoms with Gasteiger partial charge >= 0.3 is 0 Å². The Morgan fingerprint density at radius 3 is 2.70 bits per heavy atom. The maximum atomic E-state index is 5.31. The Bertz CT molecular complexity index is 1450. The maximum absolute atomic E-state index is 5.31. The van der Waals surface area contributed by atoms with Gasteiger partial charge in [0, 0.05) is 55.9 Å². The SMILES string of the molecule is COc1cncc(-c2cnc3[nH]nc(-c4nc5c(N6CCN(C)CC6)nccc5[nH]4)c3c2)c1. The molecule has 2 N–H and O–H groups in total. The van der Waals surface area contributed by atoms with Gasteiger partial charge in [-0.05, 0) is 25.2 Å². The molecule has 0 aromatic carbocycles. The van der Waals surface area contributed by atoms with E-state index in [-0.39, 0.29) is 0 Å². The molecule has 0 atom stereocenters. The largest absolute Gasteiger partial charge is 0.495 e. The van der Waals surface area contributed by atoms with Gasteiger partial charge in [-0.15, -0.1) is 0 Å². The Hall–Kier alpha value is -4.05. The highest BCUT2D eigenvalue weighted by molar-refractivity contribution is 5.95. The number of imidazole rings is 1. The van der Waals surface area contributed by atoms with Crippen LogP contribution in [0.2, 0.25) is 0 Å². The minimum Gasteiger partial charge on any atom is -0.495 e. The topological polar surface area (TPSA) is 112 Å². The molecule has 0 radical (unpaired) electrons. The standard InChI is InChI=1S/C23H23N9O/c1-31-5-7-32(8-6-31)23-20-18(3-4-25-23)27-22(28-20)19-17-10-15(12-26-21(17)30-29-19)14-9-16(33-2)13-24-11-14/h3-4,9-13H,5-8H2,1-2H3,(H,27,28)(H,26,29,30). The highest BCUT2D eigenvalue weighted by atomic mass is 16.5. The molecule has 0 amide bonds. The van der Waals surface area contributed by atoms with Crippen LogP contribution in [0.5, 0.6) is 5.75 Å². The van der Waals surface area contributed by atoms with E-state index >= 15 is 0 Å². The Balaban J connectivity index is 1.43. The summed E-state index contributed by atoms with van der Waals surface area (Å²) in [4.78, 5) is 26.4. The number of rotatable bonds is 4. The molecule has 0 unspecified atom stereocenters. The van der Waals surface area contributed by atoms with Crippen molar-refractivity contribution < 1.29 is 4.74 Å². The molecule has 6 rings (SSSR count). The minimum absolute atomic E-state index is 0.683. The van der Waals surface area contributed by atoms with Gasteiger partial charge < -0.3 is 19.5 Å². The number of methoxy groups -OCH3 is 1. The zero-order valence-electron chi connectivity index (χ0n) is 18.4. The number of nitrogens with one attached hydrogen (secondary N) is 2. The van der Waals surface area contributed by atoms with E-state index in [0.29, 0.717) is 17.2 Å². The van der Waals surface area contributed by atoms with Crippen molar-refractivity contribution in [1.29, 1.82) is 0 Å². The molecule has 10 nitrogen and oxygen atoms in total. The summed E-state index contributed by atoms with van der Waals surface area (Å²) in [6, 6.07) is 5.93. The van der Waals surface area contributed by atoms with Crippen molar-refractivity contribution in [3.63, 3.8) is 0 Å². The molecule has 5 aromatic rings. The van der Waals surface area contributed by atoms with Crippen molar-refractivity contribution in [3.8, 4) is 28.4 Å². The first-order valence-electron chi connectivity index (χ1n) is 10.8. The van der Waals surface area contributed by atoms with Crippen LogP contribution in [-0.4, -0.2) is 80.4 Å². The van der Waals surface area contributed by atoms with Crippen molar-refractivity contribution in [2.45, 2.75) is 0 Å². The quantitative estimate of drug-likeness (QED) is 0.438. The summed E-state index contributed by atoms with van der Waals surface area (Å²) < 4.78 is 5.31. The Morgan fingerprint density at radius 1 is 1.00 bits per heavy atom. The summed E-state index contributed by atoms with van der Waals surface area (Å²) in [5, 5.41) is 8.42. The first-order chi connectivity index (χ1) is 16.2. The molecule has 1 fully saturated rings. The molecular formula is C23H23N9O. The second-order valence-electron chi connectivity index (χ2n) is 8.21. The molecule has 0 saturated carbocycles. The lowest BCUT2D eigenvalue weighted by Gasteiger charge is -2.33. The van der Waals surface area contributed by atoms with E-state index < -0.39 is 0 Å². The number of anilines is 1. The van der Waals surface area contributed by atoms with Crippen LogP contribution >= 0.6 is 0 Å². The summed E-state index contributed by atoms with van der Waals surface area (Å²) in [6.45, 7) is 3.87. The molecule has 0 spiro atoms. The van der Waals surface area contributed by atoms with Crippen LogP contribution in [0.4, 0.5) is 5.82 Å². The van der Waals surface area contributed by atoms with Crippen LogP contribution in [-0.2, 0) is 0 Å². The summed E-state index contributed by atoms with van der Waals surface area (Å²) in [5.74, 6) is 2.28. The van der Waals surface area contributed by atoms with Gasteiger partial charge in [0.1, 0.15) is 17.0 Å². The number of aromatic amines is 2. The number of ether oxygens (including phenoxy) is 1. The van der Waals surface area contributed by atoms with E-state index in [2.05, 4.69) is 47.0 Å². The highest BCUT2D eigenvalue weighted by Crippen LogP contribution is 2.31. The van der Waals surface area contributed by atoms with Gasteiger partial charge in [-0.25, -0.2) is 15.0 Å². The maximum Gasteiger partial charge on any atom is 0.159 e. The van der Waals surface area contributed by atoms with Gasteiger partial charge in [-0.3, -0.25) is 10.1 Å². The zero-order valence-corrected chi connectivity index (χ0v) is 18.4. The number of aromatic nitrogens is 7. The third kappa shape index (κ3) is 3.44. The number of hydrogen-bond donors (Lipinski definition) is 2. The number of likely N-dealkylation sites (N-methyl/N-ethyl adjacent to an activating group) is 1. The Morgan fingerprint density at radius 2 is 1.85 bits per heavy atom. The third-order valence-electron chi connectivity index (χ3n) is 6.11. The fourth-order valence-corrected chi connectivity index (χ4v) is 4.21. The fourth-order valence-electron chi connectivity index (χ4n) is 4.21. The molecule has 1 aliphatic rings. The molecule has 1 aliphatic heterocycles. The van der Waals surface area contributed by atoms with Gasteiger partial charge in [0.05, 0.1) is 24.2 Å². The first kappa shape index (κ1) is 19.6. The van der Waals surface area contributed by atoms with E-state index in [4.69, 9.17) is 9.72 Å². The monoisotopic (exact) mass is 441 g/mol. The Labute approximate surface area is 189 Å².